The van der Waals surface area contributed by atoms with E-state index in [4.69, 9.17) is 9.15 Å². The van der Waals surface area contributed by atoms with Gasteiger partial charge in [0, 0.05) is 6.04 Å². The largest absolute Gasteiger partial charge is 0.467 e. The summed E-state index contributed by atoms with van der Waals surface area (Å²) in [6.45, 7) is 0. The molecule has 2 aromatic rings. The molecule has 1 aliphatic heterocycles. The molecule has 7 nitrogen and oxygen atoms in total. The van der Waals surface area contributed by atoms with Crippen molar-refractivity contribution in [2.24, 2.45) is 5.92 Å². The zero-order chi connectivity index (χ0) is 19.0. The zero-order valence-corrected chi connectivity index (χ0v) is 15.1. The quantitative estimate of drug-likeness (QED) is 0.839. The lowest BCUT2D eigenvalue weighted by Crippen LogP contribution is -2.47. The number of methoxy groups -OCH3 is 1. The van der Waals surface area contributed by atoms with Crippen LogP contribution in [0.25, 0.3) is 11.5 Å². The highest BCUT2D eigenvalue weighted by molar-refractivity contribution is 5.97. The fourth-order valence-electron chi connectivity index (χ4n) is 4.46. The Kier molecular flexibility index (Phi) is 4.59. The van der Waals surface area contributed by atoms with E-state index in [-0.39, 0.29) is 17.5 Å². The third kappa shape index (κ3) is 3.07. The van der Waals surface area contributed by atoms with Gasteiger partial charge < -0.3 is 19.0 Å². The van der Waals surface area contributed by atoms with Crippen LogP contribution in [-0.2, 0) is 9.53 Å². The Bertz CT molecular complexity index is 901. The highest BCUT2D eigenvalue weighted by atomic mass is 16.5. The normalized spacial score (nSPS) is 24.5. The number of nitrogens with one attached hydrogen (secondary N) is 1. The third-order valence-corrected chi connectivity index (χ3v) is 5.72. The first-order valence-corrected chi connectivity index (χ1v) is 9.28. The molecular weight excluding hydrogens is 348 g/mol. The van der Waals surface area contributed by atoms with Gasteiger partial charge in [-0.2, -0.15) is 0 Å². The van der Waals surface area contributed by atoms with Gasteiger partial charge >= 0.3 is 5.97 Å². The number of pyridine rings is 1. The smallest absolute Gasteiger partial charge is 0.328 e. The summed E-state index contributed by atoms with van der Waals surface area (Å²) in [6.07, 6.45) is 6.09. The number of fused-ring (bicyclic) bond motifs is 1. The van der Waals surface area contributed by atoms with Crippen LogP contribution in [0, 0.1) is 5.92 Å². The molecule has 2 aliphatic rings. The molecule has 0 unspecified atom stereocenters. The number of nitrogens with zero attached hydrogens (tertiary/aromatic N) is 1. The number of likely N-dealkylation sites (tertiary alicyclic amines) is 1. The monoisotopic (exact) mass is 370 g/mol. The van der Waals surface area contributed by atoms with Gasteiger partial charge in [-0.1, -0.05) is 12.8 Å². The van der Waals surface area contributed by atoms with E-state index in [1.165, 1.54) is 19.4 Å². The molecule has 0 spiro atoms. The molecule has 4 rings (SSSR count). The molecule has 7 heteroatoms. The van der Waals surface area contributed by atoms with E-state index in [1.807, 2.05) is 0 Å². The van der Waals surface area contributed by atoms with Crippen molar-refractivity contribution < 1.29 is 18.7 Å². The minimum atomic E-state index is -0.625. The molecular formula is C20H22N2O5. The first-order chi connectivity index (χ1) is 13.1. The minimum absolute atomic E-state index is 0.0144. The van der Waals surface area contributed by atoms with Gasteiger partial charge in [0.05, 0.1) is 19.1 Å². The molecule has 1 saturated heterocycles. The number of aromatic amines is 1. The Morgan fingerprint density at radius 3 is 2.74 bits per heavy atom. The Labute approximate surface area is 156 Å². The van der Waals surface area contributed by atoms with Gasteiger partial charge in [-0.15, -0.1) is 0 Å². The van der Waals surface area contributed by atoms with Crippen LogP contribution in [0.5, 0.6) is 0 Å². The van der Waals surface area contributed by atoms with Crippen molar-refractivity contribution in [1.82, 2.24) is 9.88 Å². The maximum atomic E-state index is 13.2. The highest BCUT2D eigenvalue weighted by Gasteiger charge is 2.48. The average molecular weight is 370 g/mol. The van der Waals surface area contributed by atoms with Gasteiger partial charge in [0.15, 0.2) is 0 Å². The lowest BCUT2D eigenvalue weighted by Gasteiger charge is -2.33. The highest BCUT2D eigenvalue weighted by Crippen LogP contribution is 2.40. The van der Waals surface area contributed by atoms with Gasteiger partial charge in [0.1, 0.15) is 17.4 Å². The molecule has 3 atom stereocenters. The first-order valence-electron chi connectivity index (χ1n) is 9.28. The van der Waals surface area contributed by atoms with Gasteiger partial charge in [0.2, 0.25) is 0 Å². The van der Waals surface area contributed by atoms with E-state index in [9.17, 15) is 14.4 Å². The second-order valence-corrected chi connectivity index (χ2v) is 7.19. The maximum absolute atomic E-state index is 13.2. The van der Waals surface area contributed by atoms with Crippen LogP contribution < -0.4 is 5.56 Å². The number of ether oxygens (including phenoxy) is 1. The second-order valence-electron chi connectivity index (χ2n) is 7.19. The molecule has 3 heterocycles. The SMILES string of the molecule is COC(=O)[C@@H]1C[C@@H]2CCCC[C@H]2N1C(=O)c1ccc(-c2ccco2)[nH]c1=O. The predicted molar refractivity (Wildman–Crippen MR) is 97.1 cm³/mol. The van der Waals surface area contributed by atoms with E-state index in [0.29, 0.717) is 17.9 Å². The molecule has 0 aromatic carbocycles. The van der Waals surface area contributed by atoms with E-state index in [2.05, 4.69) is 4.98 Å². The number of H-pyrrole nitrogens is 1. The van der Waals surface area contributed by atoms with Gasteiger partial charge in [-0.3, -0.25) is 9.59 Å². The summed E-state index contributed by atoms with van der Waals surface area (Å²) in [4.78, 5) is 42.4. The van der Waals surface area contributed by atoms with E-state index < -0.39 is 23.5 Å². The van der Waals surface area contributed by atoms with Crippen LogP contribution in [0.3, 0.4) is 0 Å². The van der Waals surface area contributed by atoms with E-state index in [1.54, 1.807) is 23.1 Å². The standard InChI is InChI=1S/C20H22N2O5/c1-26-20(25)16-11-12-5-2-3-6-15(12)22(16)19(24)13-8-9-14(21-18(13)23)17-7-4-10-27-17/h4,7-10,12,15-16H,2-3,5-6,11H2,1H3,(H,21,23)/t12-,15+,16-/m0/s1. The Morgan fingerprint density at radius 1 is 1.22 bits per heavy atom. The third-order valence-electron chi connectivity index (χ3n) is 5.72. The van der Waals surface area contributed by atoms with Crippen molar-refractivity contribution in [2.75, 3.05) is 7.11 Å². The van der Waals surface area contributed by atoms with Crippen LogP contribution in [-0.4, -0.2) is 41.0 Å². The summed E-state index contributed by atoms with van der Waals surface area (Å²) < 4.78 is 10.2. The van der Waals surface area contributed by atoms with Crippen molar-refractivity contribution in [1.29, 1.82) is 0 Å². The molecule has 0 bridgehead atoms. The maximum Gasteiger partial charge on any atom is 0.328 e. The Morgan fingerprint density at radius 2 is 2.04 bits per heavy atom. The van der Waals surface area contributed by atoms with Gasteiger partial charge in [-0.25, -0.2) is 4.79 Å². The number of amides is 1. The fourth-order valence-corrected chi connectivity index (χ4v) is 4.46. The number of esters is 1. The van der Waals surface area contributed by atoms with Crippen LogP contribution in [0.4, 0.5) is 0 Å². The van der Waals surface area contributed by atoms with Crippen molar-refractivity contribution >= 4 is 11.9 Å². The number of hydrogen-bond acceptors (Lipinski definition) is 5. The minimum Gasteiger partial charge on any atom is -0.467 e. The fraction of sp³-hybridized carbons (Fsp3) is 0.450. The van der Waals surface area contributed by atoms with Crippen molar-refractivity contribution in [3.05, 3.63) is 46.4 Å². The number of aromatic nitrogens is 1. The predicted octanol–water partition coefficient (Wildman–Crippen LogP) is 2.58. The average Bonchev–Trinajstić information content (AvgIpc) is 3.34. The van der Waals surface area contributed by atoms with Crippen LogP contribution in [0.1, 0.15) is 42.5 Å². The molecule has 2 fully saturated rings. The summed E-state index contributed by atoms with van der Waals surface area (Å²) in [5, 5.41) is 0. The molecule has 0 radical (unpaired) electrons. The van der Waals surface area contributed by atoms with Crippen LogP contribution in [0.15, 0.2) is 39.7 Å². The lowest BCUT2D eigenvalue weighted by atomic mass is 9.84. The molecule has 1 amide bonds. The molecule has 1 N–H and O–H groups in total. The van der Waals surface area contributed by atoms with Crippen molar-refractivity contribution in [3.8, 4) is 11.5 Å². The summed E-state index contributed by atoms with van der Waals surface area (Å²) in [5.74, 6) is -0.0197. The topological polar surface area (TPSA) is 92.6 Å². The Hall–Kier alpha value is -2.83. The van der Waals surface area contributed by atoms with Crippen LogP contribution in [0.2, 0.25) is 0 Å². The lowest BCUT2D eigenvalue weighted by molar-refractivity contribution is -0.145. The second kappa shape index (κ2) is 7.06. The molecule has 1 aliphatic carbocycles. The van der Waals surface area contributed by atoms with Crippen LogP contribution >= 0.6 is 0 Å². The van der Waals surface area contributed by atoms with Crippen molar-refractivity contribution in [2.45, 2.75) is 44.2 Å². The van der Waals surface area contributed by atoms with E-state index >= 15 is 0 Å². The molecule has 142 valence electrons. The summed E-state index contributed by atoms with van der Waals surface area (Å²) in [7, 11) is 1.33. The molecule has 27 heavy (non-hydrogen) atoms. The molecule has 2 aromatic heterocycles. The zero-order valence-electron chi connectivity index (χ0n) is 15.1. The van der Waals surface area contributed by atoms with Gasteiger partial charge in [0.25, 0.3) is 11.5 Å². The summed E-state index contributed by atoms with van der Waals surface area (Å²) in [5.41, 5.74) is 0.0465. The van der Waals surface area contributed by atoms with E-state index in [0.717, 1.165) is 25.7 Å². The number of furan rings is 1. The molecule has 1 saturated carbocycles. The number of rotatable bonds is 3. The number of carbonyl (C=O) groups excluding carboxylic acids is 2. The summed E-state index contributed by atoms with van der Waals surface area (Å²) >= 11 is 0. The van der Waals surface area contributed by atoms with Gasteiger partial charge in [-0.05, 0) is 49.4 Å². The number of hydrogen-bond donors (Lipinski definition) is 1. The van der Waals surface area contributed by atoms with Crippen molar-refractivity contribution in [3.63, 3.8) is 0 Å². The summed E-state index contributed by atoms with van der Waals surface area (Å²) in [6, 6.07) is 5.96. The number of carbonyl (C=O) groups is 2. The Balaban J connectivity index is 1.67. The first kappa shape index (κ1) is 17.6.